The van der Waals surface area contributed by atoms with E-state index in [1.54, 1.807) is 0 Å². The molecule has 3 rings (SSSR count). The van der Waals surface area contributed by atoms with Crippen LogP contribution >= 0.6 is 0 Å². The van der Waals surface area contributed by atoms with Gasteiger partial charge >= 0.3 is 12.1 Å². The third-order valence-corrected chi connectivity index (χ3v) is 5.23. The monoisotopic (exact) mass is 367 g/mol. The highest BCUT2D eigenvalue weighted by atomic mass is 16.5. The zero-order valence-electron chi connectivity index (χ0n) is 15.6. The maximum absolute atomic E-state index is 12.2. The lowest BCUT2D eigenvalue weighted by Crippen LogP contribution is -2.33. The number of rotatable bonds is 7. The van der Waals surface area contributed by atoms with E-state index >= 15 is 0 Å². The number of hydrogen-bond donors (Lipinski definition) is 2. The number of carbonyl (C=O) groups is 2. The fourth-order valence-corrected chi connectivity index (χ4v) is 3.63. The van der Waals surface area contributed by atoms with E-state index in [4.69, 9.17) is 9.84 Å². The van der Waals surface area contributed by atoms with Crippen LogP contribution in [0.1, 0.15) is 37.3 Å². The second kappa shape index (κ2) is 8.25. The maximum atomic E-state index is 12.2. The Kier molecular flexibility index (Phi) is 5.79. The highest BCUT2D eigenvalue weighted by molar-refractivity contribution is 5.79. The van der Waals surface area contributed by atoms with Gasteiger partial charge in [0.25, 0.3) is 0 Å². The fraction of sp³-hybridized carbons (Fsp3) is 0.364. The lowest BCUT2D eigenvalue weighted by Gasteiger charge is -2.20. The molecule has 5 heteroatoms. The number of nitrogens with one attached hydrogen (secondary N) is 1. The lowest BCUT2D eigenvalue weighted by atomic mass is 9.92. The van der Waals surface area contributed by atoms with Crippen molar-refractivity contribution in [1.82, 2.24) is 5.32 Å². The van der Waals surface area contributed by atoms with Gasteiger partial charge in [-0.3, -0.25) is 4.79 Å². The van der Waals surface area contributed by atoms with Gasteiger partial charge in [-0.25, -0.2) is 4.79 Å². The van der Waals surface area contributed by atoms with Crippen LogP contribution in [0.3, 0.4) is 0 Å². The number of alkyl carbamates (subject to hydrolysis) is 1. The molecule has 2 N–H and O–H groups in total. The summed E-state index contributed by atoms with van der Waals surface area (Å²) in [5.74, 6) is -0.802. The highest BCUT2D eigenvalue weighted by Crippen LogP contribution is 2.44. The second-order valence-corrected chi connectivity index (χ2v) is 7.31. The van der Waals surface area contributed by atoms with E-state index in [2.05, 4.69) is 29.6 Å². The third-order valence-electron chi connectivity index (χ3n) is 5.23. The molecule has 0 radical (unpaired) electrons. The van der Waals surface area contributed by atoms with Crippen molar-refractivity contribution in [3.63, 3.8) is 0 Å². The summed E-state index contributed by atoms with van der Waals surface area (Å²) in [6.07, 6.45) is -0.477. The van der Waals surface area contributed by atoms with Gasteiger partial charge in [-0.15, -0.1) is 0 Å². The van der Waals surface area contributed by atoms with Crippen LogP contribution in [0.25, 0.3) is 11.1 Å². The van der Waals surface area contributed by atoms with E-state index in [1.165, 1.54) is 11.1 Å². The molecule has 2 aromatic carbocycles. The largest absolute Gasteiger partial charge is 0.481 e. The third kappa shape index (κ3) is 4.30. The summed E-state index contributed by atoms with van der Waals surface area (Å²) in [5.41, 5.74) is 4.70. The van der Waals surface area contributed by atoms with Gasteiger partial charge in [0, 0.05) is 12.5 Å². The van der Waals surface area contributed by atoms with Crippen LogP contribution in [0.4, 0.5) is 4.79 Å². The zero-order chi connectivity index (χ0) is 19.4. The average Bonchev–Trinajstić information content (AvgIpc) is 2.97. The van der Waals surface area contributed by atoms with Gasteiger partial charge in [-0.2, -0.15) is 0 Å². The first kappa shape index (κ1) is 19.0. The Bertz CT molecular complexity index is 785. The van der Waals surface area contributed by atoms with Crippen LogP contribution in [-0.2, 0) is 9.53 Å². The molecular formula is C22H25NO4. The summed E-state index contributed by atoms with van der Waals surface area (Å²) in [5, 5.41) is 11.7. The first-order valence-electron chi connectivity index (χ1n) is 9.28. The van der Waals surface area contributed by atoms with Crippen molar-refractivity contribution in [2.45, 2.75) is 26.2 Å². The van der Waals surface area contributed by atoms with Crippen LogP contribution in [0.15, 0.2) is 48.5 Å². The standard InChI is InChI=1S/C22H25NO4/c1-14(2)15(11-21(24)25)12-23-22(26)27-13-20-18-9-5-3-7-16(18)17-8-4-6-10-19(17)20/h3-10,14-15,20H,11-13H2,1-2H3,(H,23,26)(H,24,25). The molecule has 1 aliphatic carbocycles. The molecule has 0 bridgehead atoms. The van der Waals surface area contributed by atoms with Gasteiger partial charge in [-0.1, -0.05) is 62.4 Å². The molecule has 0 fully saturated rings. The van der Waals surface area contributed by atoms with Crippen molar-refractivity contribution in [2.24, 2.45) is 11.8 Å². The molecule has 0 saturated heterocycles. The normalized spacial score (nSPS) is 13.7. The number of fused-ring (bicyclic) bond motifs is 3. The number of carbonyl (C=O) groups excluding carboxylic acids is 1. The van der Waals surface area contributed by atoms with Crippen molar-refractivity contribution in [3.8, 4) is 11.1 Å². The van der Waals surface area contributed by atoms with Crippen LogP contribution < -0.4 is 5.32 Å². The molecule has 0 aliphatic heterocycles. The summed E-state index contributed by atoms with van der Waals surface area (Å²) < 4.78 is 5.48. The minimum Gasteiger partial charge on any atom is -0.481 e. The summed E-state index contributed by atoms with van der Waals surface area (Å²) >= 11 is 0. The van der Waals surface area contributed by atoms with E-state index in [9.17, 15) is 9.59 Å². The number of benzene rings is 2. The molecule has 1 amide bonds. The van der Waals surface area contributed by atoms with Crippen LogP contribution in [0.5, 0.6) is 0 Å². The summed E-state index contributed by atoms with van der Waals surface area (Å²) in [7, 11) is 0. The smallest absolute Gasteiger partial charge is 0.407 e. The van der Waals surface area contributed by atoms with Gasteiger partial charge in [0.1, 0.15) is 6.61 Å². The Morgan fingerprint density at radius 3 is 2.11 bits per heavy atom. The number of carboxylic acids is 1. The van der Waals surface area contributed by atoms with E-state index in [0.29, 0.717) is 6.54 Å². The zero-order valence-corrected chi connectivity index (χ0v) is 15.6. The van der Waals surface area contributed by atoms with Gasteiger partial charge in [0.15, 0.2) is 0 Å². The minimum atomic E-state index is -0.858. The molecule has 5 nitrogen and oxygen atoms in total. The molecule has 0 heterocycles. The number of carboxylic acid groups (broad SMARTS) is 1. The summed E-state index contributed by atoms with van der Waals surface area (Å²) in [4.78, 5) is 23.1. The molecule has 2 aromatic rings. The molecule has 142 valence electrons. The maximum Gasteiger partial charge on any atom is 0.407 e. The van der Waals surface area contributed by atoms with Crippen LogP contribution in [-0.4, -0.2) is 30.3 Å². The fourth-order valence-electron chi connectivity index (χ4n) is 3.63. The Morgan fingerprint density at radius 2 is 1.59 bits per heavy atom. The van der Waals surface area contributed by atoms with E-state index in [1.807, 2.05) is 38.1 Å². The average molecular weight is 367 g/mol. The van der Waals surface area contributed by atoms with Gasteiger partial charge in [0.2, 0.25) is 0 Å². The summed E-state index contributed by atoms with van der Waals surface area (Å²) in [6.45, 7) is 4.45. The van der Waals surface area contributed by atoms with E-state index in [0.717, 1.165) is 11.1 Å². The molecule has 0 aromatic heterocycles. The minimum absolute atomic E-state index is 0.0167. The van der Waals surface area contributed by atoms with E-state index < -0.39 is 12.1 Å². The Hall–Kier alpha value is -2.82. The van der Waals surface area contributed by atoms with Crippen molar-refractivity contribution in [3.05, 3.63) is 59.7 Å². The number of ether oxygens (including phenoxy) is 1. The Labute approximate surface area is 159 Å². The van der Waals surface area contributed by atoms with Gasteiger partial charge in [-0.05, 0) is 34.1 Å². The molecular weight excluding hydrogens is 342 g/mol. The number of amides is 1. The molecule has 27 heavy (non-hydrogen) atoms. The van der Waals surface area contributed by atoms with Crippen molar-refractivity contribution < 1.29 is 19.4 Å². The highest BCUT2D eigenvalue weighted by Gasteiger charge is 2.29. The van der Waals surface area contributed by atoms with Crippen molar-refractivity contribution >= 4 is 12.1 Å². The van der Waals surface area contributed by atoms with Gasteiger partial charge in [0.05, 0.1) is 6.42 Å². The van der Waals surface area contributed by atoms with Crippen LogP contribution in [0.2, 0.25) is 0 Å². The Morgan fingerprint density at radius 1 is 1.04 bits per heavy atom. The van der Waals surface area contributed by atoms with Gasteiger partial charge < -0.3 is 15.2 Å². The lowest BCUT2D eigenvalue weighted by molar-refractivity contribution is -0.138. The number of aliphatic carboxylic acids is 1. The van der Waals surface area contributed by atoms with Crippen molar-refractivity contribution in [1.29, 1.82) is 0 Å². The van der Waals surface area contributed by atoms with Crippen molar-refractivity contribution in [2.75, 3.05) is 13.2 Å². The predicted octanol–water partition coefficient (Wildman–Crippen LogP) is 4.27. The first-order chi connectivity index (χ1) is 13.0. The quantitative estimate of drug-likeness (QED) is 0.766. The molecule has 1 atom stereocenters. The molecule has 0 saturated carbocycles. The predicted molar refractivity (Wildman–Crippen MR) is 104 cm³/mol. The first-order valence-corrected chi connectivity index (χ1v) is 9.28. The second-order valence-electron chi connectivity index (χ2n) is 7.31. The molecule has 1 aliphatic rings. The number of hydrogen-bond acceptors (Lipinski definition) is 3. The van der Waals surface area contributed by atoms with Crippen LogP contribution in [0, 0.1) is 11.8 Å². The topological polar surface area (TPSA) is 75.6 Å². The SMILES string of the molecule is CC(C)C(CNC(=O)OCC1c2ccccc2-c2ccccc21)CC(=O)O. The molecule has 0 spiro atoms. The van der Waals surface area contributed by atoms with E-state index in [-0.39, 0.29) is 30.8 Å². The summed E-state index contributed by atoms with van der Waals surface area (Å²) in [6, 6.07) is 16.3. The Balaban J connectivity index is 1.61. The molecule has 1 unspecified atom stereocenters.